The van der Waals surface area contributed by atoms with E-state index in [2.05, 4.69) is 23.7 Å². The molecule has 3 aromatic carbocycles. The van der Waals surface area contributed by atoms with Crippen LogP contribution in [0, 0.1) is 47.4 Å². The van der Waals surface area contributed by atoms with Gasteiger partial charge in [0.25, 0.3) is 0 Å². The molecule has 7 atom stereocenters. The molecule has 0 N–H and O–H groups in total. The second kappa shape index (κ2) is 12.6. The zero-order valence-corrected chi connectivity index (χ0v) is 29.1. The van der Waals surface area contributed by atoms with Gasteiger partial charge in [0.2, 0.25) is 5.91 Å². The number of carbonyl (C=O) groups is 2. The van der Waals surface area contributed by atoms with Crippen molar-refractivity contribution in [1.82, 2.24) is 4.90 Å². The highest BCUT2D eigenvalue weighted by Gasteiger charge is 2.64. The van der Waals surface area contributed by atoms with Gasteiger partial charge in [-0.25, -0.2) is 4.39 Å². The van der Waals surface area contributed by atoms with E-state index in [9.17, 15) is 14.0 Å². The van der Waals surface area contributed by atoms with E-state index in [1.165, 1.54) is 19.1 Å². The molecule has 0 saturated carbocycles. The lowest BCUT2D eigenvalue weighted by Crippen LogP contribution is -2.71. The SMILES string of the molecule is CC(=O)O[C@@H](CC[C@H]1C(=O)N([C]2C3C#Cc4ccc(cc4)C2OC(C)(C)O3)[C@H]1[C]1C2C#Cc3ccc(cc3)C1OC(C)(C)O2)c1ccc(F)cc1. The first-order valence-corrected chi connectivity index (χ1v) is 17.3. The first-order chi connectivity index (χ1) is 24.4. The normalized spacial score (nSPS) is 29.0. The maximum atomic E-state index is 14.8. The number of halogens is 1. The number of β-lactam (4-membered cyclic amide) rings is 1. The van der Waals surface area contributed by atoms with Gasteiger partial charge in [-0.1, -0.05) is 60.1 Å². The lowest BCUT2D eigenvalue weighted by Gasteiger charge is -2.60. The molecule has 4 unspecified atom stereocenters. The van der Waals surface area contributed by atoms with Crippen LogP contribution >= 0.6 is 0 Å². The van der Waals surface area contributed by atoms with Crippen molar-refractivity contribution >= 4 is 11.9 Å². The number of hydrogen-bond donors (Lipinski definition) is 0. The minimum atomic E-state index is -0.991. The highest BCUT2D eigenvalue weighted by molar-refractivity contribution is 5.89. The van der Waals surface area contributed by atoms with Crippen LogP contribution in [0.4, 0.5) is 4.39 Å². The Morgan fingerprint density at radius 3 is 1.96 bits per heavy atom. The Balaban J connectivity index is 1.22. The van der Waals surface area contributed by atoms with E-state index in [0.717, 1.165) is 28.2 Å². The van der Waals surface area contributed by atoms with Crippen LogP contribution < -0.4 is 0 Å². The van der Waals surface area contributed by atoms with E-state index >= 15 is 0 Å². The molecule has 3 aromatic rings. The zero-order chi connectivity index (χ0) is 35.7. The number of hydrogen-bond acceptors (Lipinski definition) is 7. The molecule has 4 aliphatic carbocycles. The minimum absolute atomic E-state index is 0.151. The Morgan fingerprint density at radius 1 is 0.804 bits per heavy atom. The van der Waals surface area contributed by atoms with Crippen LogP contribution in [0.15, 0.2) is 72.8 Å². The summed E-state index contributed by atoms with van der Waals surface area (Å²) in [6, 6.07) is 21.7. The van der Waals surface area contributed by atoms with E-state index in [1.807, 2.05) is 76.2 Å². The van der Waals surface area contributed by atoms with E-state index < -0.39 is 65.8 Å². The Kier molecular flexibility index (Phi) is 8.32. The molecule has 3 fully saturated rings. The summed E-state index contributed by atoms with van der Waals surface area (Å²) in [5.41, 5.74) is 4.09. The van der Waals surface area contributed by atoms with Gasteiger partial charge in [0.05, 0.1) is 24.0 Å². The second-order valence-corrected chi connectivity index (χ2v) is 14.5. The predicted octanol–water partition coefficient (Wildman–Crippen LogP) is 6.66. The van der Waals surface area contributed by atoms with Gasteiger partial charge in [-0.3, -0.25) is 9.59 Å². The third kappa shape index (κ3) is 6.34. The number of ether oxygens (including phenoxy) is 5. The van der Waals surface area contributed by atoms with Crippen LogP contribution in [0.2, 0.25) is 0 Å². The van der Waals surface area contributed by atoms with Gasteiger partial charge in [-0.2, -0.15) is 0 Å². The van der Waals surface area contributed by atoms with E-state index in [-0.39, 0.29) is 5.91 Å². The van der Waals surface area contributed by atoms with Gasteiger partial charge < -0.3 is 28.6 Å². The number of nitrogens with zero attached hydrogens (tertiary/aromatic N) is 1. The molecular formula is C42H38FNO7. The highest BCUT2D eigenvalue weighted by atomic mass is 19.1. The summed E-state index contributed by atoms with van der Waals surface area (Å²) >= 11 is 0. The first kappa shape index (κ1) is 33.6. The Hall–Kier alpha value is -4.51. The largest absolute Gasteiger partial charge is 0.458 e. The van der Waals surface area contributed by atoms with Crippen molar-refractivity contribution in [2.24, 2.45) is 5.92 Å². The minimum Gasteiger partial charge on any atom is -0.458 e. The fourth-order valence-electron chi connectivity index (χ4n) is 7.78. The van der Waals surface area contributed by atoms with E-state index in [0.29, 0.717) is 24.4 Å². The molecular weight excluding hydrogens is 649 g/mol. The van der Waals surface area contributed by atoms with Gasteiger partial charge in [-0.15, -0.1) is 0 Å². The molecule has 3 saturated heterocycles. The lowest BCUT2D eigenvalue weighted by atomic mass is 9.68. The third-order valence-electron chi connectivity index (χ3n) is 9.99. The topological polar surface area (TPSA) is 83.5 Å². The molecule has 51 heavy (non-hydrogen) atoms. The number of rotatable bonds is 7. The fourth-order valence-corrected chi connectivity index (χ4v) is 7.78. The van der Waals surface area contributed by atoms with Crippen molar-refractivity contribution in [3.05, 3.63) is 118 Å². The molecule has 0 aromatic heterocycles. The molecule has 1 amide bonds. The standard InChI is InChI=1S/C42H38FNO7/c1-24(45)47-32(27-16-18-30(43)19-17-27)23-20-31-36(35-33-21-10-25-6-12-28(13-7-25)38(35)50-41(2,3)48-33)44(40(31)46)37-34-22-11-26-8-14-29(15-9-26)39(37)51-42(4,5)49-34/h6-9,12-19,31-34,36,38-39H,20,23H2,1-5H3/t31-,32+,33?,34?,36-,38?,39?/m1/s1. The molecule has 8 bridgehead atoms. The molecule has 10 rings (SSSR count). The quantitative estimate of drug-likeness (QED) is 0.156. The highest BCUT2D eigenvalue weighted by Crippen LogP contribution is 2.56. The molecule has 3 aliphatic heterocycles. The summed E-state index contributed by atoms with van der Waals surface area (Å²) in [4.78, 5) is 28.8. The van der Waals surface area contributed by atoms with Crippen LogP contribution in [-0.4, -0.2) is 46.6 Å². The Labute approximate surface area is 297 Å². The van der Waals surface area contributed by atoms with Crippen molar-refractivity contribution in [1.29, 1.82) is 0 Å². The van der Waals surface area contributed by atoms with Crippen molar-refractivity contribution in [2.45, 2.75) is 95.6 Å². The van der Waals surface area contributed by atoms with Gasteiger partial charge >= 0.3 is 5.97 Å². The van der Waals surface area contributed by atoms with Crippen molar-refractivity contribution in [2.75, 3.05) is 0 Å². The predicted molar refractivity (Wildman–Crippen MR) is 183 cm³/mol. The molecule has 0 spiro atoms. The molecule has 8 nitrogen and oxygen atoms in total. The van der Waals surface area contributed by atoms with Crippen LogP contribution in [0.5, 0.6) is 0 Å². The number of amides is 1. The average Bonchev–Trinajstić information content (AvgIpc) is 3.20. The Morgan fingerprint density at radius 2 is 1.35 bits per heavy atom. The van der Waals surface area contributed by atoms with Crippen molar-refractivity contribution in [3.8, 4) is 23.7 Å². The summed E-state index contributed by atoms with van der Waals surface area (Å²) in [7, 11) is 0. The van der Waals surface area contributed by atoms with Gasteiger partial charge in [0.1, 0.15) is 30.2 Å². The monoisotopic (exact) mass is 687 g/mol. The van der Waals surface area contributed by atoms with Crippen molar-refractivity contribution < 1.29 is 37.7 Å². The molecule has 2 radical (unpaired) electrons. The van der Waals surface area contributed by atoms with Gasteiger partial charge in [0, 0.05) is 18.1 Å². The van der Waals surface area contributed by atoms with Crippen LogP contribution in [0.3, 0.4) is 0 Å². The zero-order valence-electron chi connectivity index (χ0n) is 29.1. The summed E-state index contributed by atoms with van der Waals surface area (Å²) < 4.78 is 46.0. The number of fused-ring (bicyclic) bond motifs is 4. The van der Waals surface area contributed by atoms with Gasteiger partial charge in [-0.05, 0) is 93.6 Å². The van der Waals surface area contributed by atoms with Gasteiger partial charge in [0.15, 0.2) is 17.7 Å². The van der Waals surface area contributed by atoms with E-state index in [4.69, 9.17) is 23.7 Å². The van der Waals surface area contributed by atoms with Crippen LogP contribution in [0.25, 0.3) is 0 Å². The molecule has 260 valence electrons. The van der Waals surface area contributed by atoms with Crippen molar-refractivity contribution in [3.63, 3.8) is 0 Å². The lowest BCUT2D eigenvalue weighted by molar-refractivity contribution is -0.302. The van der Waals surface area contributed by atoms with Crippen LogP contribution in [0.1, 0.15) is 93.6 Å². The number of carbonyl (C=O) groups excluding carboxylic acids is 2. The summed E-state index contributed by atoms with van der Waals surface area (Å²) in [6.07, 6.45) is -2.70. The summed E-state index contributed by atoms with van der Waals surface area (Å²) in [5.74, 6) is 10.4. The maximum Gasteiger partial charge on any atom is 0.303 e. The van der Waals surface area contributed by atoms with Crippen LogP contribution in [-0.2, 0) is 33.3 Å². The smallest absolute Gasteiger partial charge is 0.303 e. The average molecular weight is 688 g/mol. The fraction of sp³-hybridized carbons (Fsp3) is 0.381. The number of likely N-dealkylation sites (tertiary alicyclic amines) is 1. The first-order valence-electron chi connectivity index (χ1n) is 17.3. The number of esters is 1. The van der Waals surface area contributed by atoms with E-state index in [1.54, 1.807) is 17.0 Å². The summed E-state index contributed by atoms with van der Waals surface area (Å²) in [6.45, 7) is 8.77. The maximum absolute atomic E-state index is 14.8. The number of benzene rings is 3. The summed E-state index contributed by atoms with van der Waals surface area (Å²) in [5, 5.41) is 0. The molecule has 9 heteroatoms. The third-order valence-corrected chi connectivity index (χ3v) is 9.99. The molecule has 3 heterocycles. The Bertz CT molecular complexity index is 1970. The second-order valence-electron chi connectivity index (χ2n) is 14.5. The molecule has 7 aliphatic rings.